The maximum atomic E-state index is 5.29. The summed E-state index contributed by atoms with van der Waals surface area (Å²) in [6.07, 6.45) is 6.90. The van der Waals surface area contributed by atoms with Crippen LogP contribution in [0.4, 0.5) is 0 Å². The van der Waals surface area contributed by atoms with Crippen LogP contribution in [0.5, 0.6) is 5.75 Å². The van der Waals surface area contributed by atoms with Crippen molar-refractivity contribution in [2.45, 2.75) is 44.9 Å². The second kappa shape index (κ2) is 6.62. The molecule has 1 aromatic rings. The number of ether oxygens (including phenoxy) is 1. The number of nitrogens with zero attached hydrogens (tertiary/aromatic N) is 1. The zero-order chi connectivity index (χ0) is 14.6. The Hall–Kier alpha value is -1.02. The molecule has 20 heavy (non-hydrogen) atoms. The van der Waals surface area contributed by atoms with Crippen molar-refractivity contribution in [2.75, 3.05) is 27.7 Å². The van der Waals surface area contributed by atoms with Gasteiger partial charge in [-0.05, 0) is 50.0 Å². The molecule has 0 aliphatic heterocycles. The second-order valence-electron chi connectivity index (χ2n) is 6.80. The van der Waals surface area contributed by atoms with E-state index in [-0.39, 0.29) is 0 Å². The van der Waals surface area contributed by atoms with Crippen LogP contribution in [0.15, 0.2) is 24.3 Å². The Morgan fingerprint density at radius 3 is 2.20 bits per heavy atom. The zero-order valence-electron chi connectivity index (χ0n) is 13.5. The van der Waals surface area contributed by atoms with Crippen molar-refractivity contribution in [2.24, 2.45) is 5.41 Å². The third-order valence-electron chi connectivity index (χ3n) is 4.90. The van der Waals surface area contributed by atoms with Crippen LogP contribution >= 0.6 is 0 Å². The molecule has 2 heteroatoms. The maximum Gasteiger partial charge on any atom is 0.118 e. The first-order valence-corrected chi connectivity index (χ1v) is 7.84. The van der Waals surface area contributed by atoms with Gasteiger partial charge in [0.2, 0.25) is 0 Å². The monoisotopic (exact) mass is 275 g/mol. The molecule has 1 aliphatic rings. The molecule has 1 aliphatic carbocycles. The predicted molar refractivity (Wildman–Crippen MR) is 85.5 cm³/mol. The zero-order valence-corrected chi connectivity index (χ0v) is 13.5. The number of methoxy groups -OCH3 is 1. The Labute approximate surface area is 124 Å². The summed E-state index contributed by atoms with van der Waals surface area (Å²) < 4.78 is 5.29. The van der Waals surface area contributed by atoms with Gasteiger partial charge >= 0.3 is 0 Å². The van der Waals surface area contributed by atoms with Crippen molar-refractivity contribution in [1.29, 1.82) is 0 Å². The van der Waals surface area contributed by atoms with Crippen LogP contribution in [0.2, 0.25) is 0 Å². The van der Waals surface area contributed by atoms with Crippen LogP contribution in [0, 0.1) is 5.41 Å². The molecule has 1 aromatic carbocycles. The van der Waals surface area contributed by atoms with Gasteiger partial charge in [0, 0.05) is 12.5 Å². The fourth-order valence-electron chi connectivity index (χ4n) is 3.64. The quantitative estimate of drug-likeness (QED) is 0.794. The van der Waals surface area contributed by atoms with E-state index in [1.807, 2.05) is 0 Å². The van der Waals surface area contributed by atoms with Crippen LogP contribution in [0.1, 0.15) is 50.5 Å². The molecular formula is C18H29NO. The molecule has 0 heterocycles. The first-order valence-electron chi connectivity index (χ1n) is 7.84. The number of rotatable bonds is 5. The van der Waals surface area contributed by atoms with Crippen molar-refractivity contribution in [3.63, 3.8) is 0 Å². The summed E-state index contributed by atoms with van der Waals surface area (Å²) in [6.45, 7) is 3.62. The molecule has 112 valence electrons. The molecule has 0 radical (unpaired) electrons. The van der Waals surface area contributed by atoms with E-state index < -0.39 is 0 Å². The minimum Gasteiger partial charge on any atom is -0.497 e. The molecule has 0 N–H and O–H groups in total. The standard InChI is InChI=1S/C18H29NO/c1-18(12-6-5-7-13-18)17(14-19(2)3)15-8-10-16(20-4)11-9-15/h8-11,17H,5-7,12-14H2,1-4H3. The van der Waals surface area contributed by atoms with Gasteiger partial charge in [0.1, 0.15) is 5.75 Å². The first-order chi connectivity index (χ1) is 9.55. The molecule has 2 nitrogen and oxygen atoms in total. The predicted octanol–water partition coefficient (Wildman–Crippen LogP) is 4.31. The van der Waals surface area contributed by atoms with Crippen molar-refractivity contribution in [3.05, 3.63) is 29.8 Å². The molecule has 0 bridgehead atoms. The molecule has 2 rings (SSSR count). The SMILES string of the molecule is COc1ccc(C(CN(C)C)C2(C)CCCCC2)cc1. The van der Waals surface area contributed by atoms with E-state index in [0.717, 1.165) is 12.3 Å². The van der Waals surface area contributed by atoms with Crippen molar-refractivity contribution < 1.29 is 4.74 Å². The summed E-state index contributed by atoms with van der Waals surface area (Å²) in [7, 11) is 6.10. The molecule has 1 saturated carbocycles. The van der Waals surface area contributed by atoms with Gasteiger partial charge in [-0.15, -0.1) is 0 Å². The Morgan fingerprint density at radius 2 is 1.70 bits per heavy atom. The average molecular weight is 275 g/mol. The first kappa shape index (κ1) is 15.4. The van der Waals surface area contributed by atoms with Crippen LogP contribution in [-0.2, 0) is 0 Å². The third kappa shape index (κ3) is 3.54. The topological polar surface area (TPSA) is 12.5 Å². The fourth-order valence-corrected chi connectivity index (χ4v) is 3.64. The average Bonchev–Trinajstić information content (AvgIpc) is 2.45. The van der Waals surface area contributed by atoms with Crippen LogP contribution in [-0.4, -0.2) is 32.6 Å². The van der Waals surface area contributed by atoms with E-state index in [0.29, 0.717) is 11.3 Å². The van der Waals surface area contributed by atoms with Gasteiger partial charge < -0.3 is 9.64 Å². The van der Waals surface area contributed by atoms with E-state index in [4.69, 9.17) is 4.74 Å². The molecule has 0 amide bonds. The second-order valence-corrected chi connectivity index (χ2v) is 6.80. The number of benzene rings is 1. The largest absolute Gasteiger partial charge is 0.497 e. The Morgan fingerprint density at radius 1 is 1.10 bits per heavy atom. The summed E-state index contributed by atoms with van der Waals surface area (Å²) >= 11 is 0. The molecule has 0 spiro atoms. The highest BCUT2D eigenvalue weighted by atomic mass is 16.5. The normalized spacial score (nSPS) is 19.9. The number of hydrogen-bond donors (Lipinski definition) is 0. The van der Waals surface area contributed by atoms with Gasteiger partial charge in [-0.1, -0.05) is 38.3 Å². The van der Waals surface area contributed by atoms with E-state index in [1.54, 1.807) is 7.11 Å². The van der Waals surface area contributed by atoms with Gasteiger partial charge in [-0.25, -0.2) is 0 Å². The third-order valence-corrected chi connectivity index (χ3v) is 4.90. The maximum absolute atomic E-state index is 5.29. The fraction of sp³-hybridized carbons (Fsp3) is 0.667. The highest BCUT2D eigenvalue weighted by molar-refractivity contribution is 5.31. The molecule has 1 atom stereocenters. The van der Waals surface area contributed by atoms with Gasteiger partial charge in [0.25, 0.3) is 0 Å². The summed E-state index contributed by atoms with van der Waals surface area (Å²) in [5.74, 6) is 1.56. The van der Waals surface area contributed by atoms with E-state index >= 15 is 0 Å². The molecule has 0 aromatic heterocycles. The van der Waals surface area contributed by atoms with Gasteiger partial charge in [-0.2, -0.15) is 0 Å². The summed E-state index contributed by atoms with van der Waals surface area (Å²) in [4.78, 5) is 2.33. The summed E-state index contributed by atoms with van der Waals surface area (Å²) in [5.41, 5.74) is 1.90. The van der Waals surface area contributed by atoms with Gasteiger partial charge in [0.15, 0.2) is 0 Å². The van der Waals surface area contributed by atoms with Crippen molar-refractivity contribution in [3.8, 4) is 5.75 Å². The minimum absolute atomic E-state index is 0.442. The smallest absolute Gasteiger partial charge is 0.118 e. The number of hydrogen-bond acceptors (Lipinski definition) is 2. The Kier molecular flexibility index (Phi) is 5.09. The van der Waals surface area contributed by atoms with Crippen molar-refractivity contribution >= 4 is 0 Å². The molecular weight excluding hydrogens is 246 g/mol. The van der Waals surface area contributed by atoms with Gasteiger partial charge in [0.05, 0.1) is 7.11 Å². The lowest BCUT2D eigenvalue weighted by atomic mass is 9.65. The van der Waals surface area contributed by atoms with Crippen LogP contribution in [0.25, 0.3) is 0 Å². The van der Waals surface area contributed by atoms with Gasteiger partial charge in [-0.3, -0.25) is 0 Å². The van der Waals surface area contributed by atoms with Crippen LogP contribution in [0.3, 0.4) is 0 Å². The lowest BCUT2D eigenvalue weighted by molar-refractivity contribution is 0.143. The Bertz CT molecular complexity index is 404. The van der Waals surface area contributed by atoms with E-state index in [9.17, 15) is 0 Å². The highest BCUT2D eigenvalue weighted by Gasteiger charge is 2.36. The molecule has 1 fully saturated rings. The highest BCUT2D eigenvalue weighted by Crippen LogP contribution is 2.47. The minimum atomic E-state index is 0.442. The Balaban J connectivity index is 2.25. The van der Waals surface area contributed by atoms with Crippen LogP contribution < -0.4 is 4.74 Å². The van der Waals surface area contributed by atoms with E-state index in [2.05, 4.69) is 50.2 Å². The molecule has 0 saturated heterocycles. The lowest BCUT2D eigenvalue weighted by Crippen LogP contribution is -2.35. The lowest BCUT2D eigenvalue weighted by Gasteiger charge is -2.42. The van der Waals surface area contributed by atoms with Crippen molar-refractivity contribution in [1.82, 2.24) is 4.90 Å². The summed E-state index contributed by atoms with van der Waals surface area (Å²) in [6, 6.07) is 8.72. The van der Waals surface area contributed by atoms with E-state index in [1.165, 1.54) is 37.7 Å². The summed E-state index contributed by atoms with van der Waals surface area (Å²) in [5, 5.41) is 0. The molecule has 1 unspecified atom stereocenters. The number of likely N-dealkylation sites (N-methyl/N-ethyl adjacent to an activating group) is 1.